The molecule has 0 spiro atoms. The van der Waals surface area contributed by atoms with Crippen molar-refractivity contribution in [2.24, 2.45) is 5.92 Å². The van der Waals surface area contributed by atoms with Gasteiger partial charge in [0.1, 0.15) is 18.9 Å². The van der Waals surface area contributed by atoms with Crippen LogP contribution >= 0.6 is 0 Å². The molecule has 2 heterocycles. The number of carbonyl (C=O) groups excluding carboxylic acids is 3. The second-order valence-corrected chi connectivity index (χ2v) is 8.01. The third-order valence-corrected chi connectivity index (χ3v) is 5.87. The fourth-order valence-corrected chi connectivity index (χ4v) is 4.04. The van der Waals surface area contributed by atoms with Gasteiger partial charge in [-0.2, -0.15) is 0 Å². The number of anilines is 1. The van der Waals surface area contributed by atoms with E-state index in [1.807, 2.05) is 48.5 Å². The molecule has 8 heteroatoms. The van der Waals surface area contributed by atoms with Crippen molar-refractivity contribution >= 4 is 23.6 Å². The zero-order chi connectivity index (χ0) is 22.5. The number of amides is 3. The minimum Gasteiger partial charge on any atom is -0.497 e. The van der Waals surface area contributed by atoms with Crippen LogP contribution in [0.2, 0.25) is 0 Å². The maximum Gasteiger partial charge on any atom is 0.410 e. The predicted octanol–water partition coefficient (Wildman–Crippen LogP) is 2.99. The van der Waals surface area contributed by atoms with Crippen LogP contribution in [-0.2, 0) is 14.3 Å². The van der Waals surface area contributed by atoms with Crippen LogP contribution in [0.15, 0.2) is 48.5 Å². The fourth-order valence-electron chi connectivity index (χ4n) is 4.04. The van der Waals surface area contributed by atoms with Gasteiger partial charge in [-0.05, 0) is 48.2 Å². The summed E-state index contributed by atoms with van der Waals surface area (Å²) in [4.78, 5) is 40.0. The molecule has 32 heavy (non-hydrogen) atoms. The SMILES string of the molecule is COc1cccc(-c2ccc(NC(=O)[C@H]3CCCN(C(=O)CN4CCOC4=O)C3)cc2)c1. The Bertz CT molecular complexity index is 991. The second-order valence-electron chi connectivity index (χ2n) is 8.01. The summed E-state index contributed by atoms with van der Waals surface area (Å²) in [6.07, 6.45) is 1.02. The maximum atomic E-state index is 12.8. The van der Waals surface area contributed by atoms with Crippen LogP contribution in [0, 0.1) is 5.92 Å². The van der Waals surface area contributed by atoms with E-state index in [1.54, 1.807) is 12.0 Å². The molecule has 0 aromatic heterocycles. The number of methoxy groups -OCH3 is 1. The van der Waals surface area contributed by atoms with Gasteiger partial charge in [-0.1, -0.05) is 24.3 Å². The van der Waals surface area contributed by atoms with Crippen molar-refractivity contribution in [3.63, 3.8) is 0 Å². The molecule has 168 valence electrons. The Morgan fingerprint density at radius 3 is 2.66 bits per heavy atom. The van der Waals surface area contributed by atoms with Crippen molar-refractivity contribution in [2.45, 2.75) is 12.8 Å². The summed E-state index contributed by atoms with van der Waals surface area (Å²) in [7, 11) is 1.64. The first-order valence-corrected chi connectivity index (χ1v) is 10.8. The number of benzene rings is 2. The number of piperidine rings is 1. The number of nitrogens with zero attached hydrogens (tertiary/aromatic N) is 2. The summed E-state index contributed by atoms with van der Waals surface area (Å²) < 4.78 is 10.2. The normalized spacial score (nSPS) is 18.3. The first-order chi connectivity index (χ1) is 15.5. The van der Waals surface area contributed by atoms with Gasteiger partial charge in [-0.3, -0.25) is 14.5 Å². The fraction of sp³-hybridized carbons (Fsp3) is 0.375. The highest BCUT2D eigenvalue weighted by Crippen LogP contribution is 2.26. The molecule has 2 aromatic carbocycles. The van der Waals surface area contributed by atoms with Gasteiger partial charge in [0.25, 0.3) is 0 Å². The monoisotopic (exact) mass is 437 g/mol. The van der Waals surface area contributed by atoms with E-state index in [4.69, 9.17) is 9.47 Å². The van der Waals surface area contributed by atoms with Gasteiger partial charge in [-0.15, -0.1) is 0 Å². The summed E-state index contributed by atoms with van der Waals surface area (Å²) in [5.41, 5.74) is 2.77. The first-order valence-electron chi connectivity index (χ1n) is 10.8. The molecule has 4 rings (SSSR count). The van der Waals surface area contributed by atoms with E-state index in [-0.39, 0.29) is 24.3 Å². The van der Waals surface area contributed by atoms with Gasteiger partial charge >= 0.3 is 6.09 Å². The zero-order valence-corrected chi connectivity index (χ0v) is 18.1. The number of carbonyl (C=O) groups is 3. The van der Waals surface area contributed by atoms with Gasteiger partial charge in [0.15, 0.2) is 0 Å². The summed E-state index contributed by atoms with van der Waals surface area (Å²) in [5.74, 6) is 0.260. The van der Waals surface area contributed by atoms with E-state index in [2.05, 4.69) is 5.32 Å². The number of likely N-dealkylation sites (tertiary alicyclic amines) is 1. The molecule has 1 atom stereocenters. The summed E-state index contributed by atoms with van der Waals surface area (Å²) >= 11 is 0. The van der Waals surface area contributed by atoms with Gasteiger partial charge in [0, 0.05) is 18.8 Å². The number of ether oxygens (including phenoxy) is 2. The van der Waals surface area contributed by atoms with Crippen molar-refractivity contribution in [1.29, 1.82) is 0 Å². The molecule has 2 aromatic rings. The highest BCUT2D eigenvalue weighted by atomic mass is 16.6. The van der Waals surface area contributed by atoms with Crippen LogP contribution in [0.25, 0.3) is 11.1 Å². The molecule has 0 radical (unpaired) electrons. The Morgan fingerprint density at radius 2 is 1.94 bits per heavy atom. The Balaban J connectivity index is 1.33. The first kappa shape index (κ1) is 21.7. The lowest BCUT2D eigenvalue weighted by Gasteiger charge is -2.32. The third-order valence-electron chi connectivity index (χ3n) is 5.87. The molecular weight excluding hydrogens is 410 g/mol. The largest absolute Gasteiger partial charge is 0.497 e. The van der Waals surface area contributed by atoms with Crippen molar-refractivity contribution in [3.05, 3.63) is 48.5 Å². The summed E-state index contributed by atoms with van der Waals surface area (Å²) in [5, 5.41) is 2.97. The molecule has 2 fully saturated rings. The standard InChI is InChI=1S/C24H27N3O5/c1-31-21-6-2-4-18(14-21)17-7-9-20(10-8-17)25-23(29)19-5-3-11-26(15-19)22(28)16-27-12-13-32-24(27)30/h2,4,6-10,14,19H,3,5,11-13,15-16H2,1H3,(H,25,29)/t19-/m0/s1. The van der Waals surface area contributed by atoms with Crippen LogP contribution < -0.4 is 10.1 Å². The van der Waals surface area contributed by atoms with E-state index in [0.717, 1.165) is 29.7 Å². The number of cyclic esters (lactones) is 1. The van der Waals surface area contributed by atoms with E-state index >= 15 is 0 Å². The van der Waals surface area contributed by atoms with Crippen molar-refractivity contribution in [2.75, 3.05) is 45.2 Å². The Kier molecular flexibility index (Phi) is 6.58. The van der Waals surface area contributed by atoms with Crippen molar-refractivity contribution in [1.82, 2.24) is 9.80 Å². The minimum atomic E-state index is -0.456. The van der Waals surface area contributed by atoms with Crippen molar-refractivity contribution in [3.8, 4) is 16.9 Å². The molecule has 2 aliphatic rings. The highest BCUT2D eigenvalue weighted by molar-refractivity contribution is 5.93. The lowest BCUT2D eigenvalue weighted by molar-refractivity contribution is -0.135. The quantitative estimate of drug-likeness (QED) is 0.751. The summed E-state index contributed by atoms with van der Waals surface area (Å²) in [6.45, 7) is 1.69. The average Bonchev–Trinajstić information content (AvgIpc) is 3.23. The lowest BCUT2D eigenvalue weighted by Crippen LogP contribution is -2.47. The Labute approximate surface area is 187 Å². The Morgan fingerprint density at radius 1 is 1.12 bits per heavy atom. The van der Waals surface area contributed by atoms with Gasteiger partial charge < -0.3 is 19.7 Å². The van der Waals surface area contributed by atoms with Crippen LogP contribution in [0.5, 0.6) is 5.75 Å². The van der Waals surface area contributed by atoms with Crippen LogP contribution in [0.3, 0.4) is 0 Å². The number of nitrogens with one attached hydrogen (secondary N) is 1. The van der Waals surface area contributed by atoms with Crippen molar-refractivity contribution < 1.29 is 23.9 Å². The number of hydrogen-bond donors (Lipinski definition) is 1. The maximum absolute atomic E-state index is 12.8. The van der Waals surface area contributed by atoms with E-state index in [9.17, 15) is 14.4 Å². The topological polar surface area (TPSA) is 88.2 Å². The molecular formula is C24H27N3O5. The van der Waals surface area contributed by atoms with Gasteiger partial charge in [0.2, 0.25) is 11.8 Å². The molecule has 2 saturated heterocycles. The van der Waals surface area contributed by atoms with Crippen LogP contribution in [0.4, 0.5) is 10.5 Å². The number of rotatable bonds is 6. The molecule has 3 amide bonds. The molecule has 8 nitrogen and oxygen atoms in total. The van der Waals surface area contributed by atoms with E-state index in [1.165, 1.54) is 4.90 Å². The van der Waals surface area contributed by atoms with E-state index < -0.39 is 6.09 Å². The van der Waals surface area contributed by atoms with Gasteiger partial charge in [-0.25, -0.2) is 4.79 Å². The number of hydrogen-bond acceptors (Lipinski definition) is 5. The Hall–Kier alpha value is -3.55. The summed E-state index contributed by atoms with van der Waals surface area (Å²) in [6, 6.07) is 15.5. The van der Waals surface area contributed by atoms with Crippen LogP contribution in [0.1, 0.15) is 12.8 Å². The highest BCUT2D eigenvalue weighted by Gasteiger charge is 2.31. The second kappa shape index (κ2) is 9.72. The molecule has 0 unspecified atom stereocenters. The minimum absolute atomic E-state index is 0.00109. The van der Waals surface area contributed by atoms with Gasteiger partial charge in [0.05, 0.1) is 19.6 Å². The average molecular weight is 437 g/mol. The predicted molar refractivity (Wildman–Crippen MR) is 119 cm³/mol. The molecule has 0 bridgehead atoms. The lowest BCUT2D eigenvalue weighted by atomic mass is 9.96. The molecule has 0 aliphatic carbocycles. The third kappa shape index (κ3) is 5.01. The molecule has 0 saturated carbocycles. The smallest absolute Gasteiger partial charge is 0.410 e. The van der Waals surface area contributed by atoms with Crippen LogP contribution in [-0.4, -0.2) is 67.6 Å². The zero-order valence-electron chi connectivity index (χ0n) is 18.1. The molecule has 1 N–H and O–H groups in total. The molecule has 2 aliphatic heterocycles. The van der Waals surface area contributed by atoms with E-state index in [0.29, 0.717) is 31.9 Å².